The number of hydrogen-bond acceptors (Lipinski definition) is 4. The van der Waals surface area contributed by atoms with Gasteiger partial charge in [0.2, 0.25) is 5.91 Å². The summed E-state index contributed by atoms with van der Waals surface area (Å²) in [6.45, 7) is 3.90. The minimum absolute atomic E-state index is 0.0167. The highest BCUT2D eigenvalue weighted by atomic mass is 32.1. The van der Waals surface area contributed by atoms with Gasteiger partial charge in [-0.05, 0) is 32.0 Å². The highest BCUT2D eigenvalue weighted by molar-refractivity contribution is 7.12. The van der Waals surface area contributed by atoms with Gasteiger partial charge in [0.15, 0.2) is 5.78 Å². The average molecular weight is 288 g/mol. The monoisotopic (exact) mass is 288 g/mol. The number of carbonyl (C=O) groups excluding carboxylic acids is 2. The lowest BCUT2D eigenvalue weighted by Gasteiger charge is -2.03. The Bertz CT molecular complexity index is 620. The maximum absolute atomic E-state index is 12.0. The number of nitrogens with zero attached hydrogens (tertiary/aromatic N) is 1. The lowest BCUT2D eigenvalue weighted by atomic mass is 10.1. The molecule has 0 aliphatic heterocycles. The third-order valence-corrected chi connectivity index (χ3v) is 3.82. The molecule has 0 aromatic carbocycles. The zero-order valence-electron chi connectivity index (χ0n) is 11.5. The van der Waals surface area contributed by atoms with Gasteiger partial charge in [-0.1, -0.05) is 6.07 Å². The maximum atomic E-state index is 12.0. The second kappa shape index (κ2) is 6.43. The number of anilines is 1. The van der Waals surface area contributed by atoms with E-state index in [1.165, 1.54) is 0 Å². The van der Waals surface area contributed by atoms with Crippen LogP contribution in [0.15, 0.2) is 30.5 Å². The molecule has 0 atom stereocenters. The Balaban J connectivity index is 1.87. The molecule has 0 aliphatic rings. The minimum Gasteiger partial charge on any atom is -0.311 e. The standard InChI is InChI=1S/C15H16N2O2S/c1-10-9-12(11(2)20-10)13(18)6-7-15(19)17-14-5-3-4-8-16-14/h3-5,8-9H,6-7H2,1-2H3,(H,16,17,19). The number of ketones is 1. The predicted molar refractivity (Wildman–Crippen MR) is 80.2 cm³/mol. The van der Waals surface area contributed by atoms with E-state index in [-0.39, 0.29) is 24.5 Å². The Hall–Kier alpha value is -2.01. The van der Waals surface area contributed by atoms with Gasteiger partial charge in [0.05, 0.1) is 0 Å². The molecule has 0 radical (unpaired) electrons. The van der Waals surface area contributed by atoms with E-state index in [9.17, 15) is 9.59 Å². The molecule has 2 heterocycles. The molecular formula is C15H16N2O2S. The van der Waals surface area contributed by atoms with Crippen LogP contribution in [0.2, 0.25) is 0 Å². The summed E-state index contributed by atoms with van der Waals surface area (Å²) < 4.78 is 0. The molecular weight excluding hydrogens is 272 g/mol. The highest BCUT2D eigenvalue weighted by Gasteiger charge is 2.13. The normalized spacial score (nSPS) is 10.3. The number of nitrogens with one attached hydrogen (secondary N) is 1. The van der Waals surface area contributed by atoms with Gasteiger partial charge < -0.3 is 5.32 Å². The predicted octanol–water partition coefficient (Wildman–Crippen LogP) is 3.36. The first-order valence-corrected chi connectivity index (χ1v) is 7.19. The second-order valence-electron chi connectivity index (χ2n) is 4.51. The van der Waals surface area contributed by atoms with Crippen molar-refractivity contribution in [1.29, 1.82) is 0 Å². The molecule has 0 saturated carbocycles. The van der Waals surface area contributed by atoms with Crippen LogP contribution in [-0.4, -0.2) is 16.7 Å². The van der Waals surface area contributed by atoms with E-state index in [0.717, 1.165) is 15.3 Å². The van der Waals surface area contributed by atoms with Crippen LogP contribution < -0.4 is 5.32 Å². The molecule has 4 nitrogen and oxygen atoms in total. The number of rotatable bonds is 5. The van der Waals surface area contributed by atoms with Crippen LogP contribution in [0, 0.1) is 13.8 Å². The molecule has 2 aromatic rings. The summed E-state index contributed by atoms with van der Waals surface area (Å²) in [5, 5.41) is 2.67. The minimum atomic E-state index is -0.193. The highest BCUT2D eigenvalue weighted by Crippen LogP contribution is 2.22. The fourth-order valence-electron chi connectivity index (χ4n) is 1.91. The molecule has 1 amide bonds. The molecule has 1 N–H and O–H groups in total. The van der Waals surface area contributed by atoms with Gasteiger partial charge in [-0.2, -0.15) is 0 Å². The van der Waals surface area contributed by atoms with Gasteiger partial charge in [-0.25, -0.2) is 4.98 Å². The van der Waals surface area contributed by atoms with E-state index in [2.05, 4.69) is 10.3 Å². The summed E-state index contributed by atoms with van der Waals surface area (Å²) in [5.74, 6) is 0.331. The molecule has 2 rings (SSSR count). The summed E-state index contributed by atoms with van der Waals surface area (Å²) in [4.78, 5) is 29.9. The van der Waals surface area contributed by atoms with Gasteiger partial charge in [-0.3, -0.25) is 9.59 Å². The van der Waals surface area contributed by atoms with Gasteiger partial charge in [0.25, 0.3) is 0 Å². The first-order valence-electron chi connectivity index (χ1n) is 6.37. The number of pyridine rings is 1. The summed E-state index contributed by atoms with van der Waals surface area (Å²) in [7, 11) is 0. The molecule has 5 heteroatoms. The van der Waals surface area contributed by atoms with Gasteiger partial charge in [-0.15, -0.1) is 11.3 Å². The van der Waals surface area contributed by atoms with Crippen LogP contribution in [0.1, 0.15) is 33.0 Å². The molecule has 0 saturated heterocycles. The molecule has 0 spiro atoms. The lowest BCUT2D eigenvalue weighted by Crippen LogP contribution is -2.14. The van der Waals surface area contributed by atoms with Crippen molar-refractivity contribution in [3.05, 3.63) is 45.8 Å². The molecule has 0 aliphatic carbocycles. The SMILES string of the molecule is Cc1cc(C(=O)CCC(=O)Nc2ccccn2)c(C)s1. The lowest BCUT2D eigenvalue weighted by molar-refractivity contribution is -0.116. The fraction of sp³-hybridized carbons (Fsp3) is 0.267. The molecule has 104 valence electrons. The first kappa shape index (κ1) is 14.4. The smallest absolute Gasteiger partial charge is 0.225 e. The number of carbonyl (C=O) groups is 2. The van der Waals surface area contributed by atoms with Crippen molar-refractivity contribution in [2.75, 3.05) is 5.32 Å². The van der Waals surface area contributed by atoms with Crippen molar-refractivity contribution in [2.24, 2.45) is 0 Å². The van der Waals surface area contributed by atoms with Crippen LogP contribution in [0.4, 0.5) is 5.82 Å². The van der Waals surface area contributed by atoms with Crippen molar-refractivity contribution >= 4 is 28.8 Å². The Morgan fingerprint density at radius 3 is 2.65 bits per heavy atom. The summed E-state index contributed by atoms with van der Waals surface area (Å²) >= 11 is 1.60. The van der Waals surface area contributed by atoms with E-state index in [1.54, 1.807) is 35.7 Å². The van der Waals surface area contributed by atoms with Crippen molar-refractivity contribution in [2.45, 2.75) is 26.7 Å². The topological polar surface area (TPSA) is 59.1 Å². The second-order valence-corrected chi connectivity index (χ2v) is 5.97. The number of aromatic nitrogens is 1. The number of Topliss-reactive ketones (excluding diaryl/α,β-unsaturated/α-hetero) is 1. The van der Waals surface area contributed by atoms with Crippen LogP contribution in [0.25, 0.3) is 0 Å². The van der Waals surface area contributed by atoms with E-state index in [0.29, 0.717) is 5.82 Å². The molecule has 0 fully saturated rings. The van der Waals surface area contributed by atoms with E-state index in [1.807, 2.05) is 19.9 Å². The quantitative estimate of drug-likeness (QED) is 0.858. The molecule has 0 unspecified atom stereocenters. The van der Waals surface area contributed by atoms with Crippen LogP contribution >= 0.6 is 11.3 Å². The van der Waals surface area contributed by atoms with Crippen LogP contribution in [0.5, 0.6) is 0 Å². The van der Waals surface area contributed by atoms with Gasteiger partial charge in [0, 0.05) is 34.4 Å². The summed E-state index contributed by atoms with van der Waals surface area (Å²) in [5.41, 5.74) is 0.734. The zero-order chi connectivity index (χ0) is 14.5. The number of aryl methyl sites for hydroxylation is 2. The third-order valence-electron chi connectivity index (χ3n) is 2.85. The Labute approximate surface area is 121 Å². The number of hydrogen-bond donors (Lipinski definition) is 1. The van der Waals surface area contributed by atoms with Crippen LogP contribution in [-0.2, 0) is 4.79 Å². The largest absolute Gasteiger partial charge is 0.311 e. The van der Waals surface area contributed by atoms with E-state index < -0.39 is 0 Å². The molecule has 20 heavy (non-hydrogen) atoms. The summed E-state index contributed by atoms with van der Waals surface area (Å²) in [6, 6.07) is 7.18. The van der Waals surface area contributed by atoms with Crippen LogP contribution in [0.3, 0.4) is 0 Å². The van der Waals surface area contributed by atoms with Crippen molar-refractivity contribution < 1.29 is 9.59 Å². The van der Waals surface area contributed by atoms with Gasteiger partial charge >= 0.3 is 0 Å². The Morgan fingerprint density at radius 1 is 1.25 bits per heavy atom. The zero-order valence-corrected chi connectivity index (χ0v) is 12.3. The third kappa shape index (κ3) is 3.74. The summed E-state index contributed by atoms with van der Waals surface area (Å²) in [6.07, 6.45) is 2.00. The maximum Gasteiger partial charge on any atom is 0.225 e. The Morgan fingerprint density at radius 2 is 2.05 bits per heavy atom. The van der Waals surface area contributed by atoms with Crippen molar-refractivity contribution in [1.82, 2.24) is 4.98 Å². The average Bonchev–Trinajstić information content (AvgIpc) is 2.76. The first-order chi connectivity index (χ1) is 9.56. The fourth-order valence-corrected chi connectivity index (χ4v) is 2.85. The van der Waals surface area contributed by atoms with Crippen molar-refractivity contribution in [3.8, 4) is 0 Å². The van der Waals surface area contributed by atoms with Crippen molar-refractivity contribution in [3.63, 3.8) is 0 Å². The molecule has 0 bridgehead atoms. The number of thiophene rings is 1. The van der Waals surface area contributed by atoms with E-state index in [4.69, 9.17) is 0 Å². The molecule has 2 aromatic heterocycles. The number of amides is 1. The Kier molecular flexibility index (Phi) is 4.63. The van der Waals surface area contributed by atoms with E-state index >= 15 is 0 Å². The van der Waals surface area contributed by atoms with Gasteiger partial charge in [0.1, 0.15) is 5.82 Å².